The fraction of sp³-hybridized carbons (Fsp3) is 0.250. The molecule has 0 fully saturated rings. The lowest BCUT2D eigenvalue weighted by molar-refractivity contribution is 0.120. The van der Waals surface area contributed by atoms with E-state index in [2.05, 4.69) is 15.9 Å². The van der Waals surface area contributed by atoms with E-state index in [0.717, 1.165) is 40.7 Å². The van der Waals surface area contributed by atoms with Gasteiger partial charge < -0.3 is 15.7 Å². The molecule has 3 heterocycles. The number of amides is 1. The van der Waals surface area contributed by atoms with Crippen LogP contribution in [0.3, 0.4) is 0 Å². The smallest absolute Gasteiger partial charge is 0.407 e. The highest BCUT2D eigenvalue weighted by atomic mass is 79.9. The summed E-state index contributed by atoms with van der Waals surface area (Å²) in [6.45, 7) is 2.33. The molecule has 124 valence electrons. The molecule has 24 heavy (non-hydrogen) atoms. The maximum atomic E-state index is 11.4. The van der Waals surface area contributed by atoms with Crippen LogP contribution >= 0.6 is 38.6 Å². The first-order chi connectivity index (χ1) is 11.4. The Morgan fingerprint density at radius 3 is 3.00 bits per heavy atom. The number of nitrogen functional groups attached to an aromatic ring is 1. The summed E-state index contributed by atoms with van der Waals surface area (Å²) in [5.41, 5.74) is 9.37. The minimum atomic E-state index is -0.883. The number of nitrogens with two attached hydrogens (primary N) is 1. The van der Waals surface area contributed by atoms with E-state index in [9.17, 15) is 9.90 Å². The maximum Gasteiger partial charge on any atom is 0.407 e. The van der Waals surface area contributed by atoms with E-state index >= 15 is 0 Å². The van der Waals surface area contributed by atoms with Gasteiger partial charge in [-0.3, -0.25) is 0 Å². The van der Waals surface area contributed by atoms with Gasteiger partial charge in [-0.1, -0.05) is 15.9 Å². The second-order valence-corrected chi connectivity index (χ2v) is 8.92. The van der Waals surface area contributed by atoms with Gasteiger partial charge in [-0.2, -0.15) is 0 Å². The SMILES string of the molecule is C[C@@H]1Cc2c(sc(N)c2-c2nc3cc(Br)ccc3s2)CN1C(=O)O. The van der Waals surface area contributed by atoms with Crippen LogP contribution < -0.4 is 5.73 Å². The molecule has 0 bridgehead atoms. The number of thiazole rings is 1. The summed E-state index contributed by atoms with van der Waals surface area (Å²) < 4.78 is 2.11. The zero-order valence-electron chi connectivity index (χ0n) is 12.7. The lowest BCUT2D eigenvalue weighted by Crippen LogP contribution is -2.41. The molecule has 2 aromatic heterocycles. The van der Waals surface area contributed by atoms with Gasteiger partial charge in [-0.05, 0) is 37.1 Å². The molecule has 0 spiro atoms. The summed E-state index contributed by atoms with van der Waals surface area (Å²) in [4.78, 5) is 18.6. The predicted molar refractivity (Wildman–Crippen MR) is 102 cm³/mol. The van der Waals surface area contributed by atoms with Crippen LogP contribution in [0.25, 0.3) is 20.8 Å². The number of hydrogen-bond acceptors (Lipinski definition) is 5. The number of fused-ring (bicyclic) bond motifs is 2. The third-order valence-corrected chi connectivity index (χ3v) is 6.87. The molecule has 0 radical (unpaired) electrons. The van der Waals surface area contributed by atoms with Crippen molar-refractivity contribution in [1.82, 2.24) is 9.88 Å². The number of hydrogen-bond donors (Lipinski definition) is 2. The zero-order valence-corrected chi connectivity index (χ0v) is 16.0. The molecule has 8 heteroatoms. The Morgan fingerprint density at radius 2 is 2.25 bits per heavy atom. The summed E-state index contributed by atoms with van der Waals surface area (Å²) in [5, 5.41) is 11.0. The minimum absolute atomic E-state index is 0.0636. The molecular formula is C16H14BrN3O2S2. The van der Waals surface area contributed by atoms with Crippen LogP contribution in [0.5, 0.6) is 0 Å². The summed E-state index contributed by atoms with van der Waals surface area (Å²) >= 11 is 6.58. The highest BCUT2D eigenvalue weighted by Gasteiger charge is 2.32. The van der Waals surface area contributed by atoms with Crippen molar-refractivity contribution in [2.75, 3.05) is 5.73 Å². The molecular weight excluding hydrogens is 410 g/mol. The van der Waals surface area contributed by atoms with Gasteiger partial charge in [0.05, 0.1) is 21.8 Å². The molecule has 1 aliphatic heterocycles. The van der Waals surface area contributed by atoms with Gasteiger partial charge >= 0.3 is 6.09 Å². The van der Waals surface area contributed by atoms with E-state index < -0.39 is 6.09 Å². The lowest BCUT2D eigenvalue weighted by Gasteiger charge is -2.31. The van der Waals surface area contributed by atoms with Crippen LogP contribution in [0.15, 0.2) is 22.7 Å². The molecule has 4 rings (SSSR count). The monoisotopic (exact) mass is 423 g/mol. The van der Waals surface area contributed by atoms with Crippen molar-refractivity contribution in [3.05, 3.63) is 33.1 Å². The van der Waals surface area contributed by atoms with E-state index in [1.807, 2.05) is 25.1 Å². The van der Waals surface area contributed by atoms with Gasteiger partial charge in [0, 0.05) is 21.0 Å². The number of carboxylic acid groups (broad SMARTS) is 1. The van der Waals surface area contributed by atoms with Gasteiger partial charge in [0.2, 0.25) is 0 Å². The molecule has 1 amide bonds. The number of thiophene rings is 1. The molecule has 1 aromatic carbocycles. The average molecular weight is 424 g/mol. The highest BCUT2D eigenvalue weighted by Crippen LogP contribution is 2.45. The number of anilines is 1. The topological polar surface area (TPSA) is 79.5 Å². The maximum absolute atomic E-state index is 11.4. The normalized spacial score (nSPS) is 17.2. The second kappa shape index (κ2) is 5.72. The zero-order chi connectivity index (χ0) is 17.0. The summed E-state index contributed by atoms with van der Waals surface area (Å²) in [6.07, 6.45) is -0.212. The molecule has 1 atom stereocenters. The van der Waals surface area contributed by atoms with Gasteiger partial charge in [-0.15, -0.1) is 22.7 Å². The molecule has 0 aliphatic carbocycles. The molecule has 1 aliphatic rings. The van der Waals surface area contributed by atoms with Crippen molar-refractivity contribution in [1.29, 1.82) is 0 Å². The van der Waals surface area contributed by atoms with E-state index in [4.69, 9.17) is 10.7 Å². The Kier molecular flexibility index (Phi) is 3.78. The number of benzene rings is 1. The van der Waals surface area contributed by atoms with Crippen molar-refractivity contribution in [2.24, 2.45) is 0 Å². The number of carbonyl (C=O) groups is 1. The van der Waals surface area contributed by atoms with Crippen LogP contribution in [0.2, 0.25) is 0 Å². The van der Waals surface area contributed by atoms with Crippen molar-refractivity contribution < 1.29 is 9.90 Å². The Bertz CT molecular complexity index is 966. The number of aromatic nitrogens is 1. The highest BCUT2D eigenvalue weighted by molar-refractivity contribution is 9.10. The Balaban J connectivity index is 1.83. The van der Waals surface area contributed by atoms with E-state index in [1.54, 1.807) is 11.3 Å². The molecule has 0 unspecified atom stereocenters. The summed E-state index contributed by atoms with van der Waals surface area (Å²) in [5.74, 6) is 0. The quantitative estimate of drug-likeness (QED) is 0.589. The Hall–Kier alpha value is -1.64. The summed E-state index contributed by atoms with van der Waals surface area (Å²) in [7, 11) is 0. The van der Waals surface area contributed by atoms with E-state index in [0.29, 0.717) is 13.0 Å². The van der Waals surface area contributed by atoms with Crippen LogP contribution in [-0.4, -0.2) is 27.1 Å². The van der Waals surface area contributed by atoms with Crippen LogP contribution in [0, 0.1) is 0 Å². The van der Waals surface area contributed by atoms with Gasteiger partial charge in [-0.25, -0.2) is 9.78 Å². The van der Waals surface area contributed by atoms with Crippen molar-refractivity contribution >= 4 is 59.9 Å². The van der Waals surface area contributed by atoms with Gasteiger partial charge in [0.15, 0.2) is 0 Å². The van der Waals surface area contributed by atoms with Gasteiger partial charge in [0.1, 0.15) is 5.01 Å². The first-order valence-electron chi connectivity index (χ1n) is 7.40. The largest absolute Gasteiger partial charge is 0.465 e. The number of halogens is 1. The fourth-order valence-electron chi connectivity index (χ4n) is 3.09. The average Bonchev–Trinajstić information content (AvgIpc) is 3.05. The number of nitrogens with zero attached hydrogens (tertiary/aromatic N) is 2. The van der Waals surface area contributed by atoms with E-state index in [1.165, 1.54) is 16.2 Å². The molecule has 3 aromatic rings. The van der Waals surface area contributed by atoms with Crippen LogP contribution in [0.1, 0.15) is 17.4 Å². The lowest BCUT2D eigenvalue weighted by atomic mass is 9.98. The van der Waals surface area contributed by atoms with Crippen LogP contribution in [-0.2, 0) is 13.0 Å². The number of rotatable bonds is 1. The Morgan fingerprint density at radius 1 is 1.46 bits per heavy atom. The first-order valence-corrected chi connectivity index (χ1v) is 9.82. The second-order valence-electron chi connectivity index (χ2n) is 5.84. The molecule has 0 saturated heterocycles. The molecule has 0 saturated carbocycles. The molecule has 5 nitrogen and oxygen atoms in total. The molecule has 3 N–H and O–H groups in total. The van der Waals surface area contributed by atoms with E-state index in [-0.39, 0.29) is 6.04 Å². The third kappa shape index (κ3) is 2.49. The first kappa shape index (κ1) is 15.9. The van der Waals surface area contributed by atoms with Crippen molar-refractivity contribution in [2.45, 2.75) is 25.9 Å². The van der Waals surface area contributed by atoms with Crippen molar-refractivity contribution in [3.8, 4) is 10.6 Å². The third-order valence-electron chi connectivity index (χ3n) is 4.27. The Labute approximate surface area is 154 Å². The predicted octanol–water partition coefficient (Wildman–Crippen LogP) is 4.79. The standard InChI is InChI=1S/C16H14BrN3O2S2/c1-7-4-9-12(6-20(7)16(21)22)23-14(18)13(9)15-19-10-5-8(17)2-3-11(10)24-15/h2-3,5,7H,4,6,18H2,1H3,(H,21,22)/t7-/m1/s1. The van der Waals surface area contributed by atoms with Gasteiger partial charge in [0.25, 0.3) is 0 Å². The van der Waals surface area contributed by atoms with Crippen LogP contribution in [0.4, 0.5) is 9.80 Å². The van der Waals surface area contributed by atoms with Crippen molar-refractivity contribution in [3.63, 3.8) is 0 Å². The summed E-state index contributed by atoms with van der Waals surface area (Å²) in [6, 6.07) is 5.99. The minimum Gasteiger partial charge on any atom is -0.465 e. The fourth-order valence-corrected chi connectivity index (χ4v) is 5.64.